The molecule has 7 aromatic heterocycles. The fraction of sp³-hybridized carbons (Fsp3) is 0.352. The molecule has 2 aliphatic heterocycles. The number of piperidine rings is 1. The summed E-state index contributed by atoms with van der Waals surface area (Å²) in [6.07, 6.45) is 1.40. The zero-order valence-electron chi connectivity index (χ0n) is 45.3. The molecule has 2 aliphatic rings. The van der Waals surface area contributed by atoms with Crippen molar-refractivity contribution >= 4 is 109 Å². The Morgan fingerprint density at radius 3 is 2.29 bits per heavy atom. The predicted octanol–water partition coefficient (Wildman–Crippen LogP) is 7.86. The first-order valence-electron chi connectivity index (χ1n) is 26.2. The van der Waals surface area contributed by atoms with Gasteiger partial charge in [-0.2, -0.15) is 0 Å². The number of aliphatic hydroxyl groups excluding tert-OH is 1. The molecule has 432 valence electrons. The number of carbonyl (C=O) groups is 6. The van der Waals surface area contributed by atoms with Crippen molar-refractivity contribution in [2.24, 2.45) is 11.8 Å². The molecule has 23 nitrogen and oxygen atoms in total. The van der Waals surface area contributed by atoms with Crippen molar-refractivity contribution in [3.05, 3.63) is 112 Å². The molecule has 0 spiro atoms. The number of nitrogens with zero attached hydrogens (tertiary/aromatic N) is 7. The van der Waals surface area contributed by atoms with Crippen LogP contribution in [0.15, 0.2) is 64.8 Å². The Bertz CT molecular complexity index is 3660. The Balaban J connectivity index is 1.02. The molecule has 1 fully saturated rings. The Labute approximate surface area is 499 Å². The number of benzene rings is 1. The SMILES string of the molecule is CNC(=O)C[C@@H]1NC(=O)c2csc(n2)-c2ccc(-c3nc(NC(=O)OCC4CCNCC4)cs3)nc2-c2cnc(s2)-c2csc(n2)[C@H]([C@@H](O)c2ccccc2)NC(=O)CNC(=O)c2nc(sc2COC)[C@H](C(C)C)NC(=O)c2nc1sc2C. The molecular formula is C54H56N14O9S6. The summed E-state index contributed by atoms with van der Waals surface area (Å²) in [6, 6.07) is 9.63. The number of rotatable bonds is 11. The number of hydrogen-bond donors (Lipinski definition) is 8. The van der Waals surface area contributed by atoms with E-state index in [0.717, 1.165) is 37.3 Å². The molecule has 0 unspecified atom stereocenters. The van der Waals surface area contributed by atoms with E-state index in [1.807, 2.05) is 26.0 Å². The summed E-state index contributed by atoms with van der Waals surface area (Å²) < 4.78 is 11.0. The van der Waals surface area contributed by atoms with E-state index >= 15 is 0 Å². The number of hydrogen-bond acceptors (Lipinski definition) is 23. The number of carbonyl (C=O) groups excluding carboxylic acids is 6. The molecular weight excluding hydrogens is 1180 g/mol. The Hall–Kier alpha value is -7.35. The largest absolute Gasteiger partial charge is 0.449 e. The van der Waals surface area contributed by atoms with E-state index < -0.39 is 60.5 Å². The van der Waals surface area contributed by atoms with Crippen LogP contribution in [0.25, 0.3) is 42.5 Å². The lowest BCUT2D eigenvalue weighted by Gasteiger charge is -2.23. The van der Waals surface area contributed by atoms with Gasteiger partial charge in [0.15, 0.2) is 0 Å². The maximum absolute atomic E-state index is 14.3. The standard InChI is InChI=1S/C54H56N14O9S6/c1-25(2)39-53-68-42(35(83-53)21-76-5)46(73)57-19-38(70)65-43(44(71)28-9-7-6-8-10-28)52-62-33(23-79-52)49-58-18-34(82-49)41-29(11-12-30(59-41)50-63-36(24-80-50)64-54(75)77-20-27-13-15-56-16-14-27)48-61-32(22-78-48)45(72)60-31(17-37(69)55-4)51-67-40(26(3)81-51)47(74)66-39/h6-12,18,22-25,27,31,39,43-44,56,71H,13-17,19-21H2,1-5H3,(H,55,69)(H,57,73)(H,60,72)(H,64,75)(H,65,70)(H,66,74)/t31-,39-,43-,44-/m0/s1. The van der Waals surface area contributed by atoms with Crippen LogP contribution in [0.3, 0.4) is 0 Å². The fourth-order valence-corrected chi connectivity index (χ4v) is 14.6. The highest BCUT2D eigenvalue weighted by atomic mass is 32.1. The number of thiazole rings is 6. The second-order valence-corrected chi connectivity index (χ2v) is 25.6. The monoisotopic (exact) mass is 1240 g/mol. The van der Waals surface area contributed by atoms with Crippen molar-refractivity contribution in [2.45, 2.75) is 70.9 Å². The van der Waals surface area contributed by atoms with Gasteiger partial charge in [0.1, 0.15) is 70.8 Å². The summed E-state index contributed by atoms with van der Waals surface area (Å²) in [4.78, 5) is 118. The van der Waals surface area contributed by atoms with Gasteiger partial charge in [0.05, 0.1) is 59.4 Å². The summed E-state index contributed by atoms with van der Waals surface area (Å²) in [6.45, 7) is 7.05. The first-order chi connectivity index (χ1) is 40.1. The number of methoxy groups -OCH3 is 1. The van der Waals surface area contributed by atoms with Gasteiger partial charge in [-0.15, -0.1) is 68.0 Å². The number of ether oxygens (including phenoxy) is 2. The van der Waals surface area contributed by atoms with Crippen LogP contribution in [0.1, 0.15) is 119 Å². The molecule has 0 saturated carbocycles. The second-order valence-electron chi connectivity index (χ2n) is 19.6. The highest BCUT2D eigenvalue weighted by molar-refractivity contribution is 7.19. The molecule has 10 rings (SSSR count). The first-order valence-corrected chi connectivity index (χ1v) is 31.3. The smallest absolute Gasteiger partial charge is 0.412 e. The maximum Gasteiger partial charge on any atom is 0.412 e. The van der Waals surface area contributed by atoms with Crippen LogP contribution in [0.2, 0.25) is 0 Å². The number of aryl methyl sites for hydroxylation is 1. The zero-order chi connectivity index (χ0) is 58.3. The van der Waals surface area contributed by atoms with Crippen LogP contribution in [0, 0.1) is 18.8 Å². The Morgan fingerprint density at radius 1 is 0.747 bits per heavy atom. The van der Waals surface area contributed by atoms with E-state index in [9.17, 15) is 33.9 Å². The summed E-state index contributed by atoms with van der Waals surface area (Å²) in [5.74, 6) is -2.50. The van der Waals surface area contributed by atoms with Gasteiger partial charge in [-0.25, -0.2) is 39.7 Å². The number of anilines is 1. The van der Waals surface area contributed by atoms with Gasteiger partial charge in [-0.3, -0.25) is 29.3 Å². The fourth-order valence-electron chi connectivity index (χ4n) is 9.02. The van der Waals surface area contributed by atoms with Gasteiger partial charge in [0.25, 0.3) is 17.7 Å². The average molecular weight is 1240 g/mol. The van der Waals surface area contributed by atoms with Crippen LogP contribution < -0.4 is 37.2 Å². The van der Waals surface area contributed by atoms with Crippen molar-refractivity contribution < 1.29 is 43.3 Å². The lowest BCUT2D eigenvalue weighted by atomic mass is 9.99. The third-order valence-electron chi connectivity index (χ3n) is 13.4. The van der Waals surface area contributed by atoms with E-state index in [0.29, 0.717) is 85.3 Å². The number of amides is 6. The molecule has 1 aromatic carbocycles. The topological polar surface area (TPSA) is 316 Å². The Kier molecular flexibility index (Phi) is 18.8. The normalized spacial score (nSPS) is 17.7. The molecule has 4 atom stereocenters. The summed E-state index contributed by atoms with van der Waals surface area (Å²) in [5.41, 5.74) is 2.52. The van der Waals surface area contributed by atoms with Gasteiger partial charge < -0.3 is 46.5 Å². The molecule has 29 heteroatoms. The van der Waals surface area contributed by atoms with Crippen molar-refractivity contribution in [3.8, 4) is 42.5 Å². The van der Waals surface area contributed by atoms with Gasteiger partial charge in [-0.05, 0) is 62.4 Å². The maximum atomic E-state index is 14.3. The quantitative estimate of drug-likeness (QED) is 0.0611. The van der Waals surface area contributed by atoms with Crippen LogP contribution >= 0.6 is 68.0 Å². The number of nitrogens with one attached hydrogen (secondary N) is 7. The van der Waals surface area contributed by atoms with Gasteiger partial charge in [0, 0.05) is 46.9 Å². The van der Waals surface area contributed by atoms with Crippen molar-refractivity contribution in [1.82, 2.24) is 66.8 Å². The third-order valence-corrected chi connectivity index (χ3v) is 19.3. The average Bonchev–Trinajstić information content (AvgIpc) is 4.50. The predicted molar refractivity (Wildman–Crippen MR) is 317 cm³/mol. The molecule has 83 heavy (non-hydrogen) atoms. The molecule has 8 aromatic rings. The summed E-state index contributed by atoms with van der Waals surface area (Å²) >= 11 is 7.26. The Morgan fingerprint density at radius 2 is 1.52 bits per heavy atom. The molecule has 0 radical (unpaired) electrons. The van der Waals surface area contributed by atoms with E-state index in [4.69, 9.17) is 39.4 Å². The first kappa shape index (κ1) is 58.8. The van der Waals surface area contributed by atoms with Crippen LogP contribution in [-0.2, 0) is 25.7 Å². The number of aromatic nitrogens is 7. The summed E-state index contributed by atoms with van der Waals surface area (Å²) in [5, 5.41) is 39.6. The highest BCUT2D eigenvalue weighted by Gasteiger charge is 2.33. The van der Waals surface area contributed by atoms with Crippen molar-refractivity contribution in [3.63, 3.8) is 0 Å². The minimum atomic E-state index is -1.27. The molecule has 10 bridgehead atoms. The number of fused-ring (bicyclic) bond motifs is 14. The summed E-state index contributed by atoms with van der Waals surface area (Å²) in [7, 11) is 2.95. The van der Waals surface area contributed by atoms with E-state index in [1.165, 1.54) is 70.8 Å². The lowest BCUT2D eigenvalue weighted by Crippen LogP contribution is -2.40. The molecule has 9 heterocycles. The van der Waals surface area contributed by atoms with Gasteiger partial charge in [-0.1, -0.05) is 44.2 Å². The molecule has 8 N–H and O–H groups in total. The van der Waals surface area contributed by atoms with Gasteiger partial charge >= 0.3 is 6.09 Å². The third kappa shape index (κ3) is 13.9. The highest BCUT2D eigenvalue weighted by Crippen LogP contribution is 2.41. The van der Waals surface area contributed by atoms with E-state index in [-0.39, 0.29) is 47.9 Å². The second kappa shape index (κ2) is 26.5. The van der Waals surface area contributed by atoms with Crippen molar-refractivity contribution in [2.75, 3.05) is 45.7 Å². The minimum absolute atomic E-state index is 0.00438. The zero-order valence-corrected chi connectivity index (χ0v) is 50.2. The molecule has 1 saturated heterocycles. The van der Waals surface area contributed by atoms with E-state index in [2.05, 4.69) is 42.2 Å². The lowest BCUT2D eigenvalue weighted by molar-refractivity contribution is -0.122. The number of aliphatic hydroxyl groups is 1. The van der Waals surface area contributed by atoms with E-state index in [1.54, 1.807) is 59.6 Å². The minimum Gasteiger partial charge on any atom is -0.449 e. The van der Waals surface area contributed by atoms with Gasteiger partial charge in [0.2, 0.25) is 11.8 Å². The number of pyridine rings is 1. The molecule has 0 aliphatic carbocycles. The van der Waals surface area contributed by atoms with Crippen LogP contribution in [0.5, 0.6) is 0 Å². The van der Waals surface area contributed by atoms with Crippen LogP contribution in [0.4, 0.5) is 10.6 Å². The van der Waals surface area contributed by atoms with Crippen molar-refractivity contribution in [1.29, 1.82) is 0 Å². The van der Waals surface area contributed by atoms with Crippen LogP contribution in [-0.4, -0.2) is 116 Å². The molecule has 6 amide bonds.